The third-order valence-corrected chi connectivity index (χ3v) is 5.38. The van der Waals surface area contributed by atoms with Gasteiger partial charge in [0.15, 0.2) is 0 Å². The second-order valence-electron chi connectivity index (χ2n) is 7.82. The van der Waals surface area contributed by atoms with Gasteiger partial charge in [-0.2, -0.15) is 0 Å². The molecule has 1 amide bonds. The van der Waals surface area contributed by atoms with Gasteiger partial charge in [-0.3, -0.25) is 4.79 Å². The van der Waals surface area contributed by atoms with E-state index in [1.165, 1.54) is 0 Å². The highest BCUT2D eigenvalue weighted by Crippen LogP contribution is 2.34. The minimum Gasteiger partial charge on any atom is -0.496 e. The number of benzene rings is 3. The first kappa shape index (κ1) is 23.9. The molecule has 6 heteroatoms. The van der Waals surface area contributed by atoms with Crippen molar-refractivity contribution in [2.24, 2.45) is 0 Å². The summed E-state index contributed by atoms with van der Waals surface area (Å²) in [5.74, 6) is -0.276. The minimum atomic E-state index is -0.901. The summed E-state index contributed by atoms with van der Waals surface area (Å²) in [6, 6.07) is 21.0. The van der Waals surface area contributed by atoms with Gasteiger partial charge in [0.25, 0.3) is 0 Å². The number of carbonyl (C=O) groups excluding carboxylic acids is 1. The fourth-order valence-corrected chi connectivity index (χ4v) is 3.69. The van der Waals surface area contributed by atoms with Crippen LogP contribution in [0.25, 0.3) is 11.1 Å². The summed E-state index contributed by atoms with van der Waals surface area (Å²) in [5.41, 5.74) is 5.16. The van der Waals surface area contributed by atoms with Gasteiger partial charge in [0, 0.05) is 18.7 Å². The standard InChI is InChI=1S/C27H29NO5/c1-4-28(17-20-8-6-5-7-9-20)27(31)33-18-22-14-19(2)10-12-23(22)24-15-21(16-26(29)30)11-13-25(24)32-3/h5-15H,4,16-18H2,1-3H3,(H,29,30). The largest absolute Gasteiger partial charge is 0.496 e. The number of aryl methyl sites for hydroxylation is 1. The number of nitrogens with zero attached hydrogens (tertiary/aromatic N) is 1. The van der Waals surface area contributed by atoms with Crippen molar-refractivity contribution in [3.63, 3.8) is 0 Å². The maximum Gasteiger partial charge on any atom is 0.410 e. The summed E-state index contributed by atoms with van der Waals surface area (Å²) >= 11 is 0. The highest BCUT2D eigenvalue weighted by atomic mass is 16.6. The number of aliphatic carboxylic acids is 1. The SMILES string of the molecule is CCN(Cc1ccccc1)C(=O)OCc1cc(C)ccc1-c1cc(CC(=O)O)ccc1OC. The maximum atomic E-state index is 12.8. The zero-order valence-electron chi connectivity index (χ0n) is 19.2. The Morgan fingerprint density at radius 1 is 0.939 bits per heavy atom. The summed E-state index contributed by atoms with van der Waals surface area (Å²) < 4.78 is 11.2. The molecule has 33 heavy (non-hydrogen) atoms. The van der Waals surface area contributed by atoms with E-state index in [1.54, 1.807) is 24.1 Å². The van der Waals surface area contributed by atoms with Crippen LogP contribution in [0.15, 0.2) is 66.7 Å². The Morgan fingerprint density at radius 2 is 1.70 bits per heavy atom. The molecule has 0 saturated heterocycles. The quantitative estimate of drug-likeness (QED) is 0.472. The van der Waals surface area contributed by atoms with Crippen molar-refractivity contribution in [2.75, 3.05) is 13.7 Å². The molecule has 0 aliphatic heterocycles. The fraction of sp³-hybridized carbons (Fsp3) is 0.259. The predicted molar refractivity (Wildman–Crippen MR) is 127 cm³/mol. The Hall–Kier alpha value is -3.80. The van der Waals surface area contributed by atoms with Crippen LogP contribution in [0, 0.1) is 6.92 Å². The van der Waals surface area contributed by atoms with Crippen molar-refractivity contribution in [1.82, 2.24) is 4.90 Å². The van der Waals surface area contributed by atoms with E-state index in [0.29, 0.717) is 24.4 Å². The number of hydrogen-bond donors (Lipinski definition) is 1. The Bertz CT molecular complexity index is 1110. The third kappa shape index (κ3) is 6.35. The van der Waals surface area contributed by atoms with Gasteiger partial charge in [-0.05, 0) is 48.2 Å². The topological polar surface area (TPSA) is 76.1 Å². The molecule has 1 N–H and O–H groups in total. The maximum absolute atomic E-state index is 12.8. The Kier molecular flexibility index (Phi) is 8.08. The zero-order valence-corrected chi connectivity index (χ0v) is 19.2. The molecule has 3 rings (SSSR count). The average molecular weight is 448 g/mol. The van der Waals surface area contributed by atoms with Gasteiger partial charge in [-0.15, -0.1) is 0 Å². The molecule has 0 heterocycles. The molecule has 3 aromatic carbocycles. The van der Waals surface area contributed by atoms with Crippen LogP contribution in [-0.2, 0) is 29.1 Å². The summed E-state index contributed by atoms with van der Waals surface area (Å²) in [4.78, 5) is 25.6. The van der Waals surface area contributed by atoms with E-state index in [0.717, 1.165) is 27.8 Å². The summed E-state index contributed by atoms with van der Waals surface area (Å²) in [5, 5.41) is 9.18. The molecule has 0 unspecified atom stereocenters. The lowest BCUT2D eigenvalue weighted by Gasteiger charge is -2.21. The van der Waals surface area contributed by atoms with E-state index in [-0.39, 0.29) is 19.1 Å². The van der Waals surface area contributed by atoms with Gasteiger partial charge in [-0.1, -0.05) is 60.2 Å². The first-order chi connectivity index (χ1) is 15.9. The third-order valence-electron chi connectivity index (χ3n) is 5.38. The monoisotopic (exact) mass is 447 g/mol. The van der Waals surface area contributed by atoms with Gasteiger partial charge < -0.3 is 19.5 Å². The number of carbonyl (C=O) groups is 2. The summed E-state index contributed by atoms with van der Waals surface area (Å²) in [7, 11) is 1.58. The lowest BCUT2D eigenvalue weighted by atomic mass is 9.95. The first-order valence-corrected chi connectivity index (χ1v) is 10.9. The number of hydrogen-bond acceptors (Lipinski definition) is 4. The molecule has 0 fully saturated rings. The normalized spacial score (nSPS) is 10.5. The van der Waals surface area contributed by atoms with Gasteiger partial charge in [0.2, 0.25) is 0 Å². The molecule has 0 atom stereocenters. The summed E-state index contributed by atoms with van der Waals surface area (Å²) in [6.45, 7) is 4.98. The lowest BCUT2D eigenvalue weighted by molar-refractivity contribution is -0.136. The van der Waals surface area contributed by atoms with Crippen LogP contribution in [0.1, 0.15) is 29.2 Å². The molecule has 0 aromatic heterocycles. The lowest BCUT2D eigenvalue weighted by Crippen LogP contribution is -2.30. The second-order valence-corrected chi connectivity index (χ2v) is 7.82. The number of methoxy groups -OCH3 is 1. The molecule has 0 aliphatic rings. The van der Waals surface area contributed by atoms with Crippen molar-refractivity contribution in [1.29, 1.82) is 0 Å². The van der Waals surface area contributed by atoms with Gasteiger partial charge >= 0.3 is 12.1 Å². The van der Waals surface area contributed by atoms with Gasteiger partial charge in [0.05, 0.1) is 13.5 Å². The van der Waals surface area contributed by atoms with Crippen LogP contribution >= 0.6 is 0 Å². The number of rotatable bonds is 9. The first-order valence-electron chi connectivity index (χ1n) is 10.9. The van der Waals surface area contributed by atoms with E-state index in [2.05, 4.69) is 0 Å². The molecule has 0 aliphatic carbocycles. The van der Waals surface area contributed by atoms with Gasteiger partial charge in [-0.25, -0.2) is 4.79 Å². The van der Waals surface area contributed by atoms with Gasteiger partial charge in [0.1, 0.15) is 12.4 Å². The average Bonchev–Trinajstić information content (AvgIpc) is 2.81. The van der Waals surface area contributed by atoms with Crippen molar-refractivity contribution < 1.29 is 24.2 Å². The Labute approximate surface area is 194 Å². The van der Waals surface area contributed by atoms with Crippen molar-refractivity contribution >= 4 is 12.1 Å². The van der Waals surface area contributed by atoms with Crippen molar-refractivity contribution in [3.05, 3.63) is 89.0 Å². The number of amides is 1. The minimum absolute atomic E-state index is 0.0852. The van der Waals surface area contributed by atoms with E-state index in [4.69, 9.17) is 9.47 Å². The molecular weight excluding hydrogens is 418 g/mol. The molecule has 6 nitrogen and oxygen atoms in total. The number of ether oxygens (including phenoxy) is 2. The Morgan fingerprint density at radius 3 is 2.36 bits per heavy atom. The van der Waals surface area contributed by atoms with Crippen LogP contribution < -0.4 is 4.74 Å². The van der Waals surface area contributed by atoms with E-state index < -0.39 is 5.97 Å². The van der Waals surface area contributed by atoms with Crippen molar-refractivity contribution in [3.8, 4) is 16.9 Å². The van der Waals surface area contributed by atoms with Crippen molar-refractivity contribution in [2.45, 2.75) is 33.4 Å². The Balaban J connectivity index is 1.84. The molecular formula is C27H29NO5. The van der Waals surface area contributed by atoms with Crippen LogP contribution in [0.2, 0.25) is 0 Å². The fourth-order valence-electron chi connectivity index (χ4n) is 3.69. The number of carboxylic acid groups (broad SMARTS) is 1. The highest BCUT2D eigenvalue weighted by molar-refractivity contribution is 5.77. The van der Waals surface area contributed by atoms with E-state index in [1.807, 2.05) is 68.4 Å². The zero-order chi connectivity index (χ0) is 23.8. The van der Waals surface area contributed by atoms with E-state index in [9.17, 15) is 14.7 Å². The molecule has 0 bridgehead atoms. The smallest absolute Gasteiger partial charge is 0.410 e. The second kappa shape index (κ2) is 11.2. The van der Waals surface area contributed by atoms with Crippen LogP contribution in [0.4, 0.5) is 4.79 Å². The number of carboxylic acids is 1. The highest BCUT2D eigenvalue weighted by Gasteiger charge is 2.17. The van der Waals surface area contributed by atoms with Crippen LogP contribution in [0.3, 0.4) is 0 Å². The predicted octanol–water partition coefficient (Wildman–Crippen LogP) is 5.46. The summed E-state index contributed by atoms with van der Waals surface area (Å²) in [6.07, 6.45) is -0.474. The van der Waals surface area contributed by atoms with E-state index >= 15 is 0 Å². The van der Waals surface area contributed by atoms with Crippen LogP contribution in [-0.4, -0.2) is 35.7 Å². The molecule has 172 valence electrons. The molecule has 0 spiro atoms. The molecule has 0 radical (unpaired) electrons. The van der Waals surface area contributed by atoms with Crippen LogP contribution in [0.5, 0.6) is 5.75 Å². The molecule has 0 saturated carbocycles. The molecule has 3 aromatic rings.